The zero-order chi connectivity index (χ0) is 22.5. The van der Waals surface area contributed by atoms with E-state index in [4.69, 9.17) is 9.47 Å². The monoisotopic (exact) mass is 450 g/mol. The highest BCUT2D eigenvalue weighted by molar-refractivity contribution is 7.15. The Hall–Kier alpha value is -3.72. The van der Waals surface area contributed by atoms with E-state index in [0.29, 0.717) is 18.1 Å². The number of rotatable bonds is 7. The third-order valence-electron chi connectivity index (χ3n) is 5.07. The molecule has 0 radical (unpaired) electrons. The van der Waals surface area contributed by atoms with E-state index >= 15 is 0 Å². The lowest BCUT2D eigenvalue weighted by atomic mass is 10.1. The summed E-state index contributed by atoms with van der Waals surface area (Å²) >= 11 is 1.29. The number of aromatic nitrogens is 2. The van der Waals surface area contributed by atoms with Crippen LogP contribution < -0.4 is 19.7 Å². The summed E-state index contributed by atoms with van der Waals surface area (Å²) in [6.45, 7) is 0.519. The van der Waals surface area contributed by atoms with Gasteiger partial charge in [0.2, 0.25) is 16.9 Å². The molecular formula is C23H22N4O4S. The summed E-state index contributed by atoms with van der Waals surface area (Å²) in [5.74, 6) is 1.16. The Labute approximate surface area is 189 Å². The van der Waals surface area contributed by atoms with Gasteiger partial charge in [-0.3, -0.25) is 14.9 Å². The summed E-state index contributed by atoms with van der Waals surface area (Å²) in [7, 11) is 3.21. The zero-order valence-corrected chi connectivity index (χ0v) is 18.5. The molecule has 0 aliphatic carbocycles. The van der Waals surface area contributed by atoms with Crippen LogP contribution >= 0.6 is 11.3 Å². The number of nitrogens with zero attached hydrogens (tertiary/aromatic N) is 3. The number of methoxy groups -OCH3 is 2. The van der Waals surface area contributed by atoms with Gasteiger partial charge in [-0.1, -0.05) is 23.5 Å². The lowest BCUT2D eigenvalue weighted by Gasteiger charge is -2.16. The minimum absolute atomic E-state index is 0.0309. The SMILES string of the molecule is COc1ccc(/C=C/C(=O)Nc2nnc(C3CC(=O)N(c4ccc(OC)cc4)C3)s2)cc1. The van der Waals surface area contributed by atoms with E-state index in [9.17, 15) is 9.59 Å². The van der Waals surface area contributed by atoms with Gasteiger partial charge in [0, 0.05) is 30.6 Å². The second-order valence-electron chi connectivity index (χ2n) is 7.14. The predicted octanol–water partition coefficient (Wildman–Crippen LogP) is 3.73. The van der Waals surface area contributed by atoms with E-state index in [2.05, 4.69) is 15.5 Å². The van der Waals surface area contributed by atoms with Crippen molar-refractivity contribution in [3.05, 3.63) is 65.2 Å². The molecule has 3 aromatic rings. The molecule has 4 rings (SSSR count). The molecule has 0 spiro atoms. The second-order valence-corrected chi connectivity index (χ2v) is 8.15. The van der Waals surface area contributed by atoms with Crippen LogP contribution in [-0.2, 0) is 9.59 Å². The summed E-state index contributed by atoms with van der Waals surface area (Å²) in [6.07, 6.45) is 3.50. The van der Waals surface area contributed by atoms with Gasteiger partial charge in [0.25, 0.3) is 0 Å². The molecule has 1 N–H and O–H groups in total. The standard InChI is InChI=1S/C23H22N4O4S/c1-30-18-8-3-15(4-9-18)5-12-20(28)24-23-26-25-22(32-23)16-13-21(29)27(14-16)17-6-10-19(31-2)11-7-17/h3-12,16H,13-14H2,1-2H3,(H,24,26,28)/b12-5+. The minimum atomic E-state index is -0.300. The molecular weight excluding hydrogens is 428 g/mol. The number of ether oxygens (including phenoxy) is 2. The molecule has 1 atom stereocenters. The van der Waals surface area contributed by atoms with Crippen LogP contribution in [0.25, 0.3) is 6.08 Å². The van der Waals surface area contributed by atoms with E-state index in [1.54, 1.807) is 25.2 Å². The highest BCUT2D eigenvalue weighted by atomic mass is 32.1. The van der Waals surface area contributed by atoms with Gasteiger partial charge in [-0.15, -0.1) is 10.2 Å². The van der Waals surface area contributed by atoms with Crippen LogP contribution in [0.3, 0.4) is 0 Å². The molecule has 0 bridgehead atoms. The third kappa shape index (κ3) is 4.94. The molecule has 1 aliphatic rings. The fraction of sp³-hybridized carbons (Fsp3) is 0.217. The van der Waals surface area contributed by atoms with Gasteiger partial charge in [0.15, 0.2) is 0 Å². The third-order valence-corrected chi connectivity index (χ3v) is 6.07. The minimum Gasteiger partial charge on any atom is -0.497 e. The highest BCUT2D eigenvalue weighted by Crippen LogP contribution is 2.34. The topological polar surface area (TPSA) is 93.7 Å². The Morgan fingerprint density at radius 3 is 2.38 bits per heavy atom. The lowest BCUT2D eigenvalue weighted by molar-refractivity contribution is -0.117. The van der Waals surface area contributed by atoms with E-state index in [1.165, 1.54) is 17.4 Å². The predicted molar refractivity (Wildman–Crippen MR) is 123 cm³/mol. The molecule has 1 aliphatic heterocycles. The van der Waals surface area contributed by atoms with E-state index < -0.39 is 0 Å². The van der Waals surface area contributed by atoms with Crippen LogP contribution in [-0.4, -0.2) is 42.8 Å². The first kappa shape index (κ1) is 21.5. The fourth-order valence-corrected chi connectivity index (χ4v) is 4.21. The summed E-state index contributed by atoms with van der Waals surface area (Å²) in [5.41, 5.74) is 1.70. The number of carbonyl (C=O) groups excluding carboxylic acids is 2. The van der Waals surface area contributed by atoms with Crippen LogP contribution in [0.15, 0.2) is 54.6 Å². The van der Waals surface area contributed by atoms with Gasteiger partial charge in [-0.05, 0) is 48.0 Å². The van der Waals surface area contributed by atoms with Crippen molar-refractivity contribution in [1.82, 2.24) is 10.2 Å². The molecule has 0 saturated carbocycles. The van der Waals surface area contributed by atoms with Crippen molar-refractivity contribution < 1.29 is 19.1 Å². The molecule has 1 saturated heterocycles. The number of hydrogen-bond acceptors (Lipinski definition) is 7. The number of benzene rings is 2. The second kappa shape index (κ2) is 9.61. The van der Waals surface area contributed by atoms with Crippen LogP contribution in [0.2, 0.25) is 0 Å². The van der Waals surface area contributed by atoms with Crippen molar-refractivity contribution in [3.63, 3.8) is 0 Å². The van der Waals surface area contributed by atoms with E-state index in [-0.39, 0.29) is 17.7 Å². The van der Waals surface area contributed by atoms with Gasteiger partial charge < -0.3 is 14.4 Å². The molecule has 2 amide bonds. The van der Waals surface area contributed by atoms with Gasteiger partial charge in [0.05, 0.1) is 14.2 Å². The first-order valence-corrected chi connectivity index (χ1v) is 10.8. The van der Waals surface area contributed by atoms with Crippen molar-refractivity contribution in [2.24, 2.45) is 0 Å². The number of carbonyl (C=O) groups is 2. The Balaban J connectivity index is 1.36. The number of nitrogens with one attached hydrogen (secondary N) is 1. The Bertz CT molecular complexity index is 1130. The van der Waals surface area contributed by atoms with Crippen molar-refractivity contribution in [1.29, 1.82) is 0 Å². The Kier molecular flexibility index (Phi) is 6.46. The largest absolute Gasteiger partial charge is 0.497 e. The molecule has 9 heteroatoms. The summed E-state index contributed by atoms with van der Waals surface area (Å²) < 4.78 is 10.3. The van der Waals surface area contributed by atoms with Gasteiger partial charge in [0.1, 0.15) is 16.5 Å². The molecule has 2 heterocycles. The molecule has 32 heavy (non-hydrogen) atoms. The zero-order valence-electron chi connectivity index (χ0n) is 17.6. The molecule has 164 valence electrons. The average molecular weight is 451 g/mol. The maximum atomic E-state index is 12.5. The normalized spacial score (nSPS) is 15.9. The maximum absolute atomic E-state index is 12.5. The van der Waals surface area contributed by atoms with E-state index in [1.807, 2.05) is 48.5 Å². The van der Waals surface area contributed by atoms with Crippen molar-refractivity contribution >= 4 is 40.0 Å². The lowest BCUT2D eigenvalue weighted by Crippen LogP contribution is -2.24. The number of amides is 2. The van der Waals surface area contributed by atoms with Crippen molar-refractivity contribution in [3.8, 4) is 11.5 Å². The molecule has 1 aromatic heterocycles. The van der Waals surface area contributed by atoms with Crippen LogP contribution in [0, 0.1) is 0 Å². The van der Waals surface area contributed by atoms with Gasteiger partial charge >= 0.3 is 0 Å². The summed E-state index contributed by atoms with van der Waals surface area (Å²) in [5, 5.41) is 12.1. The molecule has 1 unspecified atom stereocenters. The first-order chi connectivity index (χ1) is 15.6. The van der Waals surface area contributed by atoms with Crippen LogP contribution in [0.5, 0.6) is 11.5 Å². The van der Waals surface area contributed by atoms with Crippen LogP contribution in [0.4, 0.5) is 10.8 Å². The smallest absolute Gasteiger partial charge is 0.250 e. The first-order valence-electron chi connectivity index (χ1n) is 9.96. The van der Waals surface area contributed by atoms with E-state index in [0.717, 1.165) is 27.8 Å². The van der Waals surface area contributed by atoms with Crippen LogP contribution in [0.1, 0.15) is 22.9 Å². The van der Waals surface area contributed by atoms with Crippen molar-refractivity contribution in [2.75, 3.05) is 31.0 Å². The number of anilines is 2. The number of hydrogen-bond donors (Lipinski definition) is 1. The Morgan fingerprint density at radius 1 is 1.06 bits per heavy atom. The molecule has 8 nitrogen and oxygen atoms in total. The molecule has 1 fully saturated rings. The Morgan fingerprint density at radius 2 is 1.72 bits per heavy atom. The highest BCUT2D eigenvalue weighted by Gasteiger charge is 2.34. The van der Waals surface area contributed by atoms with Gasteiger partial charge in [-0.2, -0.15) is 0 Å². The summed E-state index contributed by atoms with van der Waals surface area (Å²) in [4.78, 5) is 26.5. The average Bonchev–Trinajstić information content (AvgIpc) is 3.44. The fourth-order valence-electron chi connectivity index (χ4n) is 3.37. The quantitative estimate of drug-likeness (QED) is 0.552. The van der Waals surface area contributed by atoms with Gasteiger partial charge in [-0.25, -0.2) is 0 Å². The summed E-state index contributed by atoms with van der Waals surface area (Å²) in [6, 6.07) is 14.7. The molecule has 2 aromatic carbocycles. The maximum Gasteiger partial charge on any atom is 0.250 e. The van der Waals surface area contributed by atoms with Crippen molar-refractivity contribution in [2.45, 2.75) is 12.3 Å².